The van der Waals surface area contributed by atoms with Crippen LogP contribution >= 0.6 is 0 Å². The molecule has 0 radical (unpaired) electrons. The predicted molar refractivity (Wildman–Crippen MR) is 82.4 cm³/mol. The first-order valence-electron chi connectivity index (χ1n) is 6.82. The average molecular weight is 283 g/mol. The molecule has 0 unspecified atom stereocenters. The van der Waals surface area contributed by atoms with Crippen LogP contribution in [-0.4, -0.2) is 0 Å². The molecule has 0 saturated heterocycles. The monoisotopic (exact) mass is 283 g/mol. The van der Waals surface area contributed by atoms with Gasteiger partial charge in [0.05, 0.1) is 0 Å². The van der Waals surface area contributed by atoms with Crippen molar-refractivity contribution in [3.63, 3.8) is 0 Å². The zero-order valence-electron chi connectivity index (χ0n) is 11.7. The minimum absolute atomic E-state index is 0.0667. The fourth-order valence-corrected chi connectivity index (χ4v) is 2.45. The van der Waals surface area contributed by atoms with E-state index in [0.717, 1.165) is 16.3 Å². The first-order valence-corrected chi connectivity index (χ1v) is 6.82. The molecule has 0 spiro atoms. The van der Waals surface area contributed by atoms with E-state index in [0.29, 0.717) is 12.1 Å². The van der Waals surface area contributed by atoms with Crippen molar-refractivity contribution in [2.45, 2.75) is 13.5 Å². The number of nitrogens with one attached hydrogen (secondary N) is 1. The largest absolute Gasteiger partial charge is 0.376 e. The molecule has 0 aliphatic carbocycles. The van der Waals surface area contributed by atoms with Gasteiger partial charge in [-0.2, -0.15) is 0 Å². The molecule has 0 heterocycles. The highest BCUT2D eigenvalue weighted by Crippen LogP contribution is 2.24. The summed E-state index contributed by atoms with van der Waals surface area (Å²) in [6.45, 7) is 2.00. The quantitative estimate of drug-likeness (QED) is 0.710. The molecule has 106 valence electrons. The highest BCUT2D eigenvalue weighted by molar-refractivity contribution is 5.85. The number of rotatable bonds is 3. The van der Waals surface area contributed by atoms with Crippen molar-refractivity contribution in [3.05, 3.63) is 77.4 Å². The average Bonchev–Trinajstić information content (AvgIpc) is 2.51. The molecule has 0 saturated carbocycles. The van der Waals surface area contributed by atoms with Crippen LogP contribution in [0.25, 0.3) is 10.8 Å². The van der Waals surface area contributed by atoms with Crippen molar-refractivity contribution in [2.24, 2.45) is 0 Å². The Kier molecular flexibility index (Phi) is 3.57. The number of hydrogen-bond acceptors (Lipinski definition) is 1. The van der Waals surface area contributed by atoms with E-state index in [1.807, 2.05) is 42.5 Å². The van der Waals surface area contributed by atoms with E-state index in [2.05, 4.69) is 5.32 Å². The molecule has 21 heavy (non-hydrogen) atoms. The lowest BCUT2D eigenvalue weighted by Gasteiger charge is -2.12. The van der Waals surface area contributed by atoms with Gasteiger partial charge in [0.25, 0.3) is 0 Å². The van der Waals surface area contributed by atoms with Crippen molar-refractivity contribution in [1.82, 2.24) is 0 Å². The summed E-state index contributed by atoms with van der Waals surface area (Å²) in [5, 5.41) is 5.08. The second kappa shape index (κ2) is 5.52. The van der Waals surface area contributed by atoms with Crippen LogP contribution in [0.1, 0.15) is 11.1 Å². The van der Waals surface area contributed by atoms with Crippen LogP contribution < -0.4 is 5.32 Å². The lowest BCUT2D eigenvalue weighted by atomic mass is 10.0. The Morgan fingerprint density at radius 3 is 2.52 bits per heavy atom. The summed E-state index contributed by atoms with van der Waals surface area (Å²) in [6.07, 6.45) is 0. The Balaban J connectivity index is 1.93. The Hall–Kier alpha value is -2.42. The highest BCUT2D eigenvalue weighted by Gasteiger charge is 2.11. The third-order valence-electron chi connectivity index (χ3n) is 3.62. The van der Waals surface area contributed by atoms with Crippen LogP contribution in [0.5, 0.6) is 0 Å². The zero-order valence-corrected chi connectivity index (χ0v) is 11.7. The van der Waals surface area contributed by atoms with Gasteiger partial charge in [0.1, 0.15) is 11.5 Å². The number of benzene rings is 3. The number of anilines is 1. The van der Waals surface area contributed by atoms with E-state index in [9.17, 15) is 8.78 Å². The molecule has 1 nitrogen and oxygen atoms in total. The highest BCUT2D eigenvalue weighted by atomic mass is 19.1. The second-order valence-electron chi connectivity index (χ2n) is 5.05. The van der Waals surface area contributed by atoms with Gasteiger partial charge < -0.3 is 5.32 Å². The lowest BCUT2D eigenvalue weighted by Crippen LogP contribution is -2.05. The molecule has 3 rings (SSSR count). The SMILES string of the molecule is Cc1ccc(F)c(NCc2cccc3ccccc23)c1F. The molecule has 3 aromatic carbocycles. The van der Waals surface area contributed by atoms with E-state index >= 15 is 0 Å². The summed E-state index contributed by atoms with van der Waals surface area (Å²) < 4.78 is 27.7. The summed E-state index contributed by atoms with van der Waals surface area (Å²) in [4.78, 5) is 0. The van der Waals surface area contributed by atoms with Gasteiger partial charge >= 0.3 is 0 Å². The maximum atomic E-state index is 14.0. The van der Waals surface area contributed by atoms with Gasteiger partial charge in [0.15, 0.2) is 5.82 Å². The van der Waals surface area contributed by atoms with Gasteiger partial charge in [-0.05, 0) is 34.9 Å². The van der Waals surface area contributed by atoms with E-state index < -0.39 is 11.6 Å². The Bertz CT molecular complexity index is 791. The standard InChI is InChI=1S/C18H15F2N/c1-12-9-10-16(19)18(17(12)20)21-11-14-7-4-6-13-5-2-3-8-15(13)14/h2-10,21H,11H2,1H3. The van der Waals surface area contributed by atoms with Crippen molar-refractivity contribution in [2.75, 3.05) is 5.32 Å². The molecular formula is C18H15F2N. The van der Waals surface area contributed by atoms with Gasteiger partial charge in [-0.25, -0.2) is 8.78 Å². The Morgan fingerprint density at radius 1 is 0.905 bits per heavy atom. The van der Waals surface area contributed by atoms with Crippen LogP contribution in [0.3, 0.4) is 0 Å². The summed E-state index contributed by atoms with van der Waals surface area (Å²) >= 11 is 0. The van der Waals surface area contributed by atoms with Gasteiger partial charge in [-0.15, -0.1) is 0 Å². The van der Waals surface area contributed by atoms with Gasteiger partial charge in [0.2, 0.25) is 0 Å². The molecule has 0 aliphatic heterocycles. The number of halogens is 2. The number of fused-ring (bicyclic) bond motifs is 1. The molecule has 0 bridgehead atoms. The molecule has 3 heteroatoms. The van der Waals surface area contributed by atoms with Gasteiger partial charge in [0, 0.05) is 6.54 Å². The minimum atomic E-state index is -0.571. The molecule has 0 fully saturated rings. The third kappa shape index (κ3) is 2.59. The zero-order chi connectivity index (χ0) is 14.8. The fraction of sp³-hybridized carbons (Fsp3) is 0.111. The summed E-state index contributed by atoms with van der Waals surface area (Å²) in [5.74, 6) is -1.10. The smallest absolute Gasteiger partial charge is 0.152 e. The Morgan fingerprint density at radius 2 is 1.67 bits per heavy atom. The summed E-state index contributed by atoms with van der Waals surface area (Å²) in [5.41, 5.74) is 1.37. The topological polar surface area (TPSA) is 12.0 Å². The molecule has 0 aromatic heterocycles. The predicted octanol–water partition coefficient (Wildman–Crippen LogP) is 5.04. The van der Waals surface area contributed by atoms with Crippen molar-refractivity contribution in [3.8, 4) is 0 Å². The van der Waals surface area contributed by atoms with E-state index in [1.54, 1.807) is 6.92 Å². The van der Waals surface area contributed by atoms with E-state index in [4.69, 9.17) is 0 Å². The Labute approximate surface area is 122 Å². The number of hydrogen-bond donors (Lipinski definition) is 1. The molecule has 3 aromatic rings. The third-order valence-corrected chi connectivity index (χ3v) is 3.62. The van der Waals surface area contributed by atoms with Crippen LogP contribution in [0.4, 0.5) is 14.5 Å². The van der Waals surface area contributed by atoms with E-state index in [1.165, 1.54) is 12.1 Å². The molecule has 0 aliphatic rings. The van der Waals surface area contributed by atoms with Gasteiger partial charge in [-0.1, -0.05) is 48.5 Å². The number of aryl methyl sites for hydroxylation is 1. The van der Waals surface area contributed by atoms with Crippen LogP contribution in [0.2, 0.25) is 0 Å². The first-order chi connectivity index (χ1) is 10.2. The van der Waals surface area contributed by atoms with Crippen molar-refractivity contribution < 1.29 is 8.78 Å². The van der Waals surface area contributed by atoms with Crippen LogP contribution in [0.15, 0.2) is 54.6 Å². The molecule has 0 atom stereocenters. The normalized spacial score (nSPS) is 10.8. The van der Waals surface area contributed by atoms with Crippen molar-refractivity contribution >= 4 is 16.5 Å². The molecular weight excluding hydrogens is 268 g/mol. The summed E-state index contributed by atoms with van der Waals surface area (Å²) in [6, 6.07) is 16.6. The summed E-state index contributed by atoms with van der Waals surface area (Å²) in [7, 11) is 0. The first kappa shape index (κ1) is 13.6. The molecule has 1 N–H and O–H groups in total. The van der Waals surface area contributed by atoms with Crippen molar-refractivity contribution in [1.29, 1.82) is 0 Å². The molecule has 0 amide bonds. The second-order valence-corrected chi connectivity index (χ2v) is 5.05. The lowest BCUT2D eigenvalue weighted by molar-refractivity contribution is 0.582. The van der Waals surface area contributed by atoms with E-state index in [-0.39, 0.29) is 5.69 Å². The maximum absolute atomic E-state index is 14.0. The minimum Gasteiger partial charge on any atom is -0.376 e. The fourth-order valence-electron chi connectivity index (χ4n) is 2.45. The van der Waals surface area contributed by atoms with Crippen LogP contribution in [0, 0.1) is 18.6 Å². The van der Waals surface area contributed by atoms with Crippen LogP contribution in [-0.2, 0) is 6.54 Å². The maximum Gasteiger partial charge on any atom is 0.152 e. The van der Waals surface area contributed by atoms with Gasteiger partial charge in [-0.3, -0.25) is 0 Å².